The molecule has 5 nitrogen and oxygen atoms in total. The first-order valence-corrected chi connectivity index (χ1v) is 9.61. The number of aromatic hydroxyl groups is 1. The van der Waals surface area contributed by atoms with Crippen molar-refractivity contribution in [3.05, 3.63) is 68.9 Å². The van der Waals surface area contributed by atoms with Gasteiger partial charge in [0.1, 0.15) is 11.8 Å². The van der Waals surface area contributed by atoms with E-state index in [4.69, 9.17) is 4.74 Å². The SMILES string of the molecule is CCOC(=O)c1ccc(-n2cc(C#N)c(-c3cc(Br)c(O)c(Br)c3)c2)cc1. The summed E-state index contributed by atoms with van der Waals surface area (Å²) in [6, 6.07) is 12.7. The summed E-state index contributed by atoms with van der Waals surface area (Å²) in [5.41, 5.74) is 3.29. The van der Waals surface area contributed by atoms with Crippen LogP contribution in [0.5, 0.6) is 5.75 Å². The minimum absolute atomic E-state index is 0.103. The number of nitriles is 1. The van der Waals surface area contributed by atoms with Gasteiger partial charge < -0.3 is 14.4 Å². The average Bonchev–Trinajstić information content (AvgIpc) is 3.10. The Hall–Kier alpha value is -2.56. The van der Waals surface area contributed by atoms with Gasteiger partial charge in [-0.25, -0.2) is 4.79 Å². The number of carbonyl (C=O) groups is 1. The highest BCUT2D eigenvalue weighted by molar-refractivity contribution is 9.11. The van der Waals surface area contributed by atoms with Crippen LogP contribution in [-0.4, -0.2) is 22.2 Å². The van der Waals surface area contributed by atoms with Crippen molar-refractivity contribution in [2.45, 2.75) is 6.92 Å². The number of nitrogens with zero attached hydrogens (tertiary/aromatic N) is 2. The van der Waals surface area contributed by atoms with Gasteiger partial charge in [0.15, 0.2) is 0 Å². The molecule has 136 valence electrons. The molecule has 3 rings (SSSR count). The topological polar surface area (TPSA) is 75.2 Å². The van der Waals surface area contributed by atoms with Crippen LogP contribution in [0.3, 0.4) is 0 Å². The smallest absolute Gasteiger partial charge is 0.338 e. The first-order chi connectivity index (χ1) is 12.9. The minimum atomic E-state index is -0.367. The Balaban J connectivity index is 2.00. The quantitative estimate of drug-likeness (QED) is 0.496. The number of hydrogen-bond acceptors (Lipinski definition) is 4. The minimum Gasteiger partial charge on any atom is -0.506 e. The maximum atomic E-state index is 11.8. The molecule has 0 spiro atoms. The van der Waals surface area contributed by atoms with E-state index in [0.717, 1.165) is 16.8 Å². The van der Waals surface area contributed by atoms with Crippen molar-refractivity contribution in [2.75, 3.05) is 6.61 Å². The Morgan fingerprint density at radius 2 is 1.81 bits per heavy atom. The van der Waals surface area contributed by atoms with Crippen molar-refractivity contribution in [3.63, 3.8) is 0 Å². The zero-order valence-corrected chi connectivity index (χ0v) is 17.4. The van der Waals surface area contributed by atoms with Gasteiger partial charge >= 0.3 is 5.97 Å². The largest absolute Gasteiger partial charge is 0.506 e. The van der Waals surface area contributed by atoms with Gasteiger partial charge in [0.2, 0.25) is 0 Å². The number of ether oxygens (including phenoxy) is 1. The van der Waals surface area contributed by atoms with Crippen molar-refractivity contribution >= 4 is 37.8 Å². The zero-order chi connectivity index (χ0) is 19.6. The molecule has 0 saturated carbocycles. The summed E-state index contributed by atoms with van der Waals surface area (Å²) in [4.78, 5) is 11.8. The maximum absolute atomic E-state index is 11.8. The lowest BCUT2D eigenvalue weighted by Gasteiger charge is -2.06. The lowest BCUT2D eigenvalue weighted by molar-refractivity contribution is 0.0526. The van der Waals surface area contributed by atoms with E-state index in [-0.39, 0.29) is 11.7 Å². The summed E-state index contributed by atoms with van der Waals surface area (Å²) in [5, 5.41) is 19.4. The predicted octanol–water partition coefficient (Wildman–Crippen LogP) is 5.42. The molecule has 0 saturated heterocycles. The third-order valence-electron chi connectivity index (χ3n) is 3.95. The number of aromatic nitrogens is 1. The maximum Gasteiger partial charge on any atom is 0.338 e. The number of esters is 1. The standard InChI is InChI=1S/C20H14Br2N2O3/c1-2-27-20(26)12-3-5-15(6-4-12)24-10-14(9-23)16(11-24)13-7-17(21)19(25)18(22)8-13/h3-8,10-11,25H,2H2,1H3. The molecule has 0 unspecified atom stereocenters. The summed E-state index contributed by atoms with van der Waals surface area (Å²) >= 11 is 6.63. The fraction of sp³-hybridized carbons (Fsp3) is 0.100. The Morgan fingerprint density at radius 3 is 2.37 bits per heavy atom. The van der Waals surface area contributed by atoms with Crippen LogP contribution in [0, 0.1) is 11.3 Å². The van der Waals surface area contributed by atoms with Crippen LogP contribution in [0.1, 0.15) is 22.8 Å². The second-order valence-electron chi connectivity index (χ2n) is 5.66. The van der Waals surface area contributed by atoms with Gasteiger partial charge in [0.25, 0.3) is 0 Å². The van der Waals surface area contributed by atoms with E-state index >= 15 is 0 Å². The molecule has 7 heteroatoms. The van der Waals surface area contributed by atoms with Crippen LogP contribution in [0.25, 0.3) is 16.8 Å². The number of benzene rings is 2. The molecular weight excluding hydrogens is 476 g/mol. The van der Waals surface area contributed by atoms with Crippen molar-refractivity contribution in [2.24, 2.45) is 0 Å². The van der Waals surface area contributed by atoms with E-state index in [1.807, 2.05) is 10.8 Å². The summed E-state index contributed by atoms with van der Waals surface area (Å²) in [5.74, 6) is -0.264. The predicted molar refractivity (Wildman–Crippen MR) is 109 cm³/mol. The van der Waals surface area contributed by atoms with Gasteiger partial charge in [0.05, 0.1) is 26.7 Å². The number of phenolic OH excluding ortho intramolecular Hbond substituents is 1. The van der Waals surface area contributed by atoms with Crippen LogP contribution < -0.4 is 0 Å². The number of halogens is 2. The van der Waals surface area contributed by atoms with E-state index in [0.29, 0.717) is 26.7 Å². The van der Waals surface area contributed by atoms with E-state index in [1.165, 1.54) is 0 Å². The molecule has 1 N–H and O–H groups in total. The number of hydrogen-bond donors (Lipinski definition) is 1. The van der Waals surface area contributed by atoms with E-state index < -0.39 is 0 Å². The molecule has 0 aliphatic rings. The lowest BCUT2D eigenvalue weighted by atomic mass is 10.1. The third kappa shape index (κ3) is 3.92. The highest BCUT2D eigenvalue weighted by atomic mass is 79.9. The van der Waals surface area contributed by atoms with Gasteiger partial charge in [-0.3, -0.25) is 0 Å². The molecule has 27 heavy (non-hydrogen) atoms. The second-order valence-corrected chi connectivity index (χ2v) is 7.37. The Bertz CT molecular complexity index is 1030. The first-order valence-electron chi connectivity index (χ1n) is 8.02. The lowest BCUT2D eigenvalue weighted by Crippen LogP contribution is -2.04. The zero-order valence-electron chi connectivity index (χ0n) is 14.2. The van der Waals surface area contributed by atoms with Crippen LogP contribution in [-0.2, 0) is 4.74 Å². The molecule has 0 atom stereocenters. The van der Waals surface area contributed by atoms with E-state index in [1.54, 1.807) is 49.5 Å². The molecule has 2 aromatic carbocycles. The molecule has 0 aliphatic heterocycles. The van der Waals surface area contributed by atoms with Gasteiger partial charge in [0, 0.05) is 23.6 Å². The molecule has 0 fully saturated rings. The van der Waals surface area contributed by atoms with Gasteiger partial charge in [-0.1, -0.05) is 0 Å². The molecule has 1 aromatic heterocycles. The Kier molecular flexibility index (Phi) is 5.68. The Morgan fingerprint density at radius 1 is 1.19 bits per heavy atom. The summed E-state index contributed by atoms with van der Waals surface area (Å²) in [6.07, 6.45) is 3.56. The molecule has 0 radical (unpaired) electrons. The number of carbonyl (C=O) groups excluding carboxylic acids is 1. The van der Waals surface area contributed by atoms with Crippen LogP contribution in [0.4, 0.5) is 0 Å². The first kappa shape index (κ1) is 19.2. The average molecular weight is 490 g/mol. The van der Waals surface area contributed by atoms with E-state index in [2.05, 4.69) is 37.9 Å². The van der Waals surface area contributed by atoms with Gasteiger partial charge in [-0.15, -0.1) is 0 Å². The van der Waals surface area contributed by atoms with Gasteiger partial charge in [-0.2, -0.15) is 5.26 Å². The Labute approximate surface area is 173 Å². The molecular formula is C20H14Br2N2O3. The van der Waals surface area contributed by atoms with Crippen LogP contribution >= 0.6 is 31.9 Å². The molecule has 0 bridgehead atoms. The van der Waals surface area contributed by atoms with E-state index in [9.17, 15) is 15.2 Å². The van der Waals surface area contributed by atoms with Crippen LogP contribution in [0.2, 0.25) is 0 Å². The normalized spacial score (nSPS) is 10.4. The molecule has 0 aliphatic carbocycles. The third-order valence-corrected chi connectivity index (χ3v) is 5.16. The van der Waals surface area contributed by atoms with Crippen molar-refractivity contribution in [3.8, 4) is 28.6 Å². The second kappa shape index (κ2) is 7.99. The summed E-state index contributed by atoms with van der Waals surface area (Å²) in [6.45, 7) is 2.09. The molecule has 1 heterocycles. The molecule has 3 aromatic rings. The highest BCUT2D eigenvalue weighted by Gasteiger charge is 2.14. The van der Waals surface area contributed by atoms with Crippen molar-refractivity contribution in [1.29, 1.82) is 5.26 Å². The summed E-state index contributed by atoms with van der Waals surface area (Å²) in [7, 11) is 0. The molecule has 0 amide bonds. The monoisotopic (exact) mass is 488 g/mol. The van der Waals surface area contributed by atoms with Crippen LogP contribution in [0.15, 0.2) is 57.7 Å². The summed E-state index contributed by atoms with van der Waals surface area (Å²) < 4.78 is 7.86. The fourth-order valence-corrected chi connectivity index (χ4v) is 3.81. The number of rotatable bonds is 4. The fourth-order valence-electron chi connectivity index (χ4n) is 2.63. The van der Waals surface area contributed by atoms with Crippen molar-refractivity contribution < 1.29 is 14.6 Å². The van der Waals surface area contributed by atoms with Crippen molar-refractivity contribution in [1.82, 2.24) is 4.57 Å². The van der Waals surface area contributed by atoms with Gasteiger partial charge in [-0.05, 0) is 80.7 Å². The number of phenols is 1. The highest BCUT2D eigenvalue weighted by Crippen LogP contribution is 2.38.